The molecule has 1 aromatic rings. The van der Waals surface area contributed by atoms with Crippen molar-refractivity contribution < 1.29 is 13.2 Å². The van der Waals surface area contributed by atoms with Gasteiger partial charge in [-0.05, 0) is 45.0 Å². The molecule has 0 aliphatic carbocycles. The summed E-state index contributed by atoms with van der Waals surface area (Å²) in [5.41, 5.74) is 1.38. The van der Waals surface area contributed by atoms with Crippen LogP contribution in [-0.2, 0) is 21.3 Å². The van der Waals surface area contributed by atoms with Crippen molar-refractivity contribution in [1.29, 1.82) is 0 Å². The minimum absolute atomic E-state index is 0.380. The second-order valence-corrected chi connectivity index (χ2v) is 7.92. The van der Waals surface area contributed by atoms with Gasteiger partial charge in [-0.15, -0.1) is 0 Å². The number of rotatable bonds is 4. The number of nitrogens with one attached hydrogen (secondary N) is 1. The van der Waals surface area contributed by atoms with Gasteiger partial charge in [0, 0.05) is 19.6 Å². The molecular formula is C15H24N2O3S. The molecule has 0 aromatic heterocycles. The summed E-state index contributed by atoms with van der Waals surface area (Å²) in [4.78, 5) is 0.396. The van der Waals surface area contributed by atoms with Gasteiger partial charge in [0.2, 0.25) is 10.0 Å². The smallest absolute Gasteiger partial charge is 0.243 e. The third-order valence-corrected chi connectivity index (χ3v) is 5.76. The SMILES string of the molecule is CNCc1cccc(S(=O)(=O)N2CCOC(C)(C)C2)c1C. The molecule has 0 unspecified atom stereocenters. The highest BCUT2D eigenvalue weighted by molar-refractivity contribution is 7.89. The van der Waals surface area contributed by atoms with Crippen LogP contribution in [0.5, 0.6) is 0 Å². The van der Waals surface area contributed by atoms with E-state index in [4.69, 9.17) is 4.74 Å². The van der Waals surface area contributed by atoms with Crippen LogP contribution in [0.25, 0.3) is 0 Å². The molecule has 1 heterocycles. The first-order chi connectivity index (χ1) is 9.78. The van der Waals surface area contributed by atoms with Crippen LogP contribution < -0.4 is 5.32 Å². The minimum Gasteiger partial charge on any atom is -0.373 e. The van der Waals surface area contributed by atoms with Gasteiger partial charge in [-0.3, -0.25) is 0 Å². The molecule has 1 aliphatic rings. The van der Waals surface area contributed by atoms with E-state index < -0.39 is 15.6 Å². The highest BCUT2D eigenvalue weighted by Gasteiger charge is 2.35. The number of hydrogen-bond donors (Lipinski definition) is 1. The van der Waals surface area contributed by atoms with Gasteiger partial charge in [-0.2, -0.15) is 4.31 Å². The fraction of sp³-hybridized carbons (Fsp3) is 0.600. The van der Waals surface area contributed by atoms with Crippen LogP contribution in [0, 0.1) is 6.92 Å². The van der Waals surface area contributed by atoms with Gasteiger partial charge in [0.1, 0.15) is 0 Å². The molecule has 0 atom stereocenters. The Hall–Kier alpha value is -0.950. The summed E-state index contributed by atoms with van der Waals surface area (Å²) in [7, 11) is -1.63. The fourth-order valence-corrected chi connectivity index (χ4v) is 4.48. The summed E-state index contributed by atoms with van der Waals surface area (Å²) in [6.45, 7) is 7.57. The lowest BCUT2D eigenvalue weighted by molar-refractivity contribution is -0.0640. The zero-order chi connectivity index (χ0) is 15.7. The van der Waals surface area contributed by atoms with E-state index in [9.17, 15) is 8.42 Å². The Morgan fingerprint density at radius 1 is 1.38 bits per heavy atom. The monoisotopic (exact) mass is 312 g/mol. The van der Waals surface area contributed by atoms with Crippen LogP contribution in [0.2, 0.25) is 0 Å². The van der Waals surface area contributed by atoms with Crippen molar-refractivity contribution in [2.24, 2.45) is 0 Å². The first-order valence-corrected chi connectivity index (χ1v) is 8.59. The summed E-state index contributed by atoms with van der Waals surface area (Å²) >= 11 is 0. The van der Waals surface area contributed by atoms with Crippen molar-refractivity contribution >= 4 is 10.0 Å². The predicted molar refractivity (Wildman–Crippen MR) is 82.7 cm³/mol. The molecule has 1 fully saturated rings. The quantitative estimate of drug-likeness (QED) is 0.916. The Labute approximate surface area is 127 Å². The molecule has 1 saturated heterocycles. The van der Waals surface area contributed by atoms with E-state index in [1.54, 1.807) is 12.1 Å². The van der Waals surface area contributed by atoms with Crippen molar-refractivity contribution in [3.63, 3.8) is 0 Å². The van der Waals surface area contributed by atoms with Gasteiger partial charge in [-0.25, -0.2) is 8.42 Å². The van der Waals surface area contributed by atoms with Crippen LogP contribution in [0.15, 0.2) is 23.1 Å². The molecule has 0 saturated carbocycles. The maximum absolute atomic E-state index is 12.9. The van der Waals surface area contributed by atoms with Gasteiger partial charge >= 0.3 is 0 Å². The number of sulfonamides is 1. The van der Waals surface area contributed by atoms with Crippen LogP contribution in [0.1, 0.15) is 25.0 Å². The molecule has 0 amide bonds. The molecular weight excluding hydrogens is 288 g/mol. The molecule has 1 aliphatic heterocycles. The molecule has 0 spiro atoms. The maximum Gasteiger partial charge on any atom is 0.243 e. The first-order valence-electron chi connectivity index (χ1n) is 7.15. The van der Waals surface area contributed by atoms with E-state index in [2.05, 4.69) is 5.32 Å². The molecule has 1 aromatic carbocycles. The fourth-order valence-electron chi connectivity index (χ4n) is 2.64. The van der Waals surface area contributed by atoms with Gasteiger partial charge < -0.3 is 10.1 Å². The van der Waals surface area contributed by atoms with Crippen molar-refractivity contribution in [2.45, 2.75) is 37.8 Å². The summed E-state index contributed by atoms with van der Waals surface area (Å²) in [5.74, 6) is 0. The maximum atomic E-state index is 12.9. The number of ether oxygens (including phenoxy) is 1. The highest BCUT2D eigenvalue weighted by Crippen LogP contribution is 2.26. The van der Waals surface area contributed by atoms with Gasteiger partial charge in [-0.1, -0.05) is 12.1 Å². The van der Waals surface area contributed by atoms with E-state index in [1.807, 2.05) is 33.9 Å². The van der Waals surface area contributed by atoms with Crippen molar-refractivity contribution in [2.75, 3.05) is 26.7 Å². The third kappa shape index (κ3) is 3.45. The lowest BCUT2D eigenvalue weighted by atomic mass is 10.1. The second kappa shape index (κ2) is 6.04. The molecule has 0 bridgehead atoms. The lowest BCUT2D eigenvalue weighted by Crippen LogP contribution is -2.50. The zero-order valence-corrected chi connectivity index (χ0v) is 14.0. The normalized spacial score (nSPS) is 19.6. The van der Waals surface area contributed by atoms with E-state index >= 15 is 0 Å². The van der Waals surface area contributed by atoms with E-state index in [1.165, 1.54) is 4.31 Å². The van der Waals surface area contributed by atoms with Gasteiger partial charge in [0.15, 0.2) is 0 Å². The Bertz CT molecular complexity index is 611. The molecule has 118 valence electrons. The van der Waals surface area contributed by atoms with E-state index in [0.29, 0.717) is 31.1 Å². The summed E-state index contributed by atoms with van der Waals surface area (Å²) < 4.78 is 32.9. The Morgan fingerprint density at radius 2 is 2.10 bits per heavy atom. The third-order valence-electron chi connectivity index (χ3n) is 3.77. The zero-order valence-electron chi connectivity index (χ0n) is 13.1. The standard InChI is InChI=1S/C15H24N2O3S/c1-12-13(10-16-4)6-5-7-14(12)21(18,19)17-8-9-20-15(2,3)11-17/h5-7,16H,8-11H2,1-4H3. The lowest BCUT2D eigenvalue weighted by Gasteiger charge is -2.37. The number of benzene rings is 1. The van der Waals surface area contributed by atoms with Crippen LogP contribution in [-0.4, -0.2) is 45.1 Å². The molecule has 21 heavy (non-hydrogen) atoms. The Kier molecular flexibility index (Phi) is 4.72. The predicted octanol–water partition coefficient (Wildman–Crippen LogP) is 1.51. The summed E-state index contributed by atoms with van der Waals surface area (Å²) in [5, 5.41) is 3.07. The van der Waals surface area contributed by atoms with Crippen LogP contribution in [0.4, 0.5) is 0 Å². The average molecular weight is 312 g/mol. The summed E-state index contributed by atoms with van der Waals surface area (Å²) in [6.07, 6.45) is 0. The Morgan fingerprint density at radius 3 is 2.71 bits per heavy atom. The molecule has 5 nitrogen and oxygen atoms in total. The average Bonchev–Trinajstić information content (AvgIpc) is 2.40. The summed E-state index contributed by atoms with van der Waals surface area (Å²) in [6, 6.07) is 5.44. The number of hydrogen-bond acceptors (Lipinski definition) is 4. The van der Waals surface area contributed by atoms with Crippen molar-refractivity contribution in [3.05, 3.63) is 29.3 Å². The molecule has 2 rings (SSSR count). The molecule has 0 radical (unpaired) electrons. The van der Waals surface area contributed by atoms with Crippen LogP contribution >= 0.6 is 0 Å². The number of nitrogens with zero attached hydrogens (tertiary/aromatic N) is 1. The van der Waals surface area contributed by atoms with Gasteiger partial charge in [0.25, 0.3) is 0 Å². The van der Waals surface area contributed by atoms with E-state index in [0.717, 1.165) is 11.1 Å². The topological polar surface area (TPSA) is 58.6 Å². The minimum atomic E-state index is -3.48. The van der Waals surface area contributed by atoms with Crippen LogP contribution in [0.3, 0.4) is 0 Å². The van der Waals surface area contributed by atoms with Gasteiger partial charge in [0.05, 0.1) is 17.1 Å². The number of morpholine rings is 1. The van der Waals surface area contributed by atoms with Crippen molar-refractivity contribution in [1.82, 2.24) is 9.62 Å². The highest BCUT2D eigenvalue weighted by atomic mass is 32.2. The second-order valence-electron chi connectivity index (χ2n) is 6.02. The molecule has 1 N–H and O–H groups in total. The largest absolute Gasteiger partial charge is 0.373 e. The Balaban J connectivity index is 2.38. The van der Waals surface area contributed by atoms with E-state index in [-0.39, 0.29) is 0 Å². The first kappa shape index (κ1) is 16.4. The van der Waals surface area contributed by atoms with Crippen molar-refractivity contribution in [3.8, 4) is 0 Å². The molecule has 6 heteroatoms.